The van der Waals surface area contributed by atoms with Crippen LogP contribution in [-0.4, -0.2) is 35.8 Å². The number of piperidine rings is 1. The molecule has 0 radical (unpaired) electrons. The van der Waals surface area contributed by atoms with Crippen LogP contribution in [0.25, 0.3) is 0 Å². The molecule has 1 aliphatic heterocycles. The molecule has 1 aromatic rings. The van der Waals surface area contributed by atoms with Crippen molar-refractivity contribution >= 4 is 17.5 Å². The monoisotopic (exact) mass is 353 g/mol. The molecule has 1 saturated heterocycles. The van der Waals surface area contributed by atoms with Crippen molar-refractivity contribution < 1.29 is 9.59 Å². The molecule has 2 atom stereocenters. The fourth-order valence-electron chi connectivity index (χ4n) is 3.43. The van der Waals surface area contributed by atoms with Gasteiger partial charge in [0.25, 0.3) is 0 Å². The van der Waals surface area contributed by atoms with E-state index in [2.05, 4.69) is 21.5 Å². The van der Waals surface area contributed by atoms with Gasteiger partial charge in [0.2, 0.25) is 11.8 Å². The molecule has 3 rings (SSSR count). The minimum atomic E-state index is -0.139. The highest BCUT2D eigenvalue weighted by Crippen LogP contribution is 2.30. The predicted octanol–water partition coefficient (Wildman–Crippen LogP) is 2.70. The van der Waals surface area contributed by atoms with E-state index in [1.54, 1.807) is 0 Å². The highest BCUT2D eigenvalue weighted by Gasteiger charge is 2.30. The van der Waals surface area contributed by atoms with Gasteiger partial charge in [-0.1, -0.05) is 24.5 Å². The zero-order chi connectivity index (χ0) is 18.5. The standard InChI is InChI=1S/C21H27N3O2/c1-3-13-24-14-5-4-6-19(24)21(26)22-15(2)16-9-11-18(12-10-16)23-20(25)17-7-8-17/h1,9-12,15,17,19H,4-8,13-14H2,2H3,(H,22,26)(H,23,25)/t15-,19-/m0/s1. The van der Waals surface area contributed by atoms with E-state index in [9.17, 15) is 9.59 Å². The third-order valence-corrected chi connectivity index (χ3v) is 5.20. The molecule has 1 saturated carbocycles. The molecule has 2 fully saturated rings. The quantitative estimate of drug-likeness (QED) is 0.773. The third-order valence-electron chi connectivity index (χ3n) is 5.20. The van der Waals surface area contributed by atoms with Gasteiger partial charge in [-0.15, -0.1) is 6.42 Å². The molecule has 2 aliphatic rings. The van der Waals surface area contributed by atoms with E-state index in [-0.39, 0.29) is 29.8 Å². The Morgan fingerprint density at radius 2 is 1.92 bits per heavy atom. The van der Waals surface area contributed by atoms with Crippen molar-refractivity contribution in [3.63, 3.8) is 0 Å². The Hall–Kier alpha value is -2.32. The van der Waals surface area contributed by atoms with Gasteiger partial charge in [0, 0.05) is 11.6 Å². The number of anilines is 1. The highest BCUT2D eigenvalue weighted by atomic mass is 16.2. The van der Waals surface area contributed by atoms with E-state index < -0.39 is 0 Å². The largest absolute Gasteiger partial charge is 0.348 e. The first-order chi connectivity index (χ1) is 12.6. The van der Waals surface area contributed by atoms with Crippen molar-refractivity contribution in [3.8, 4) is 12.3 Å². The Morgan fingerprint density at radius 1 is 1.19 bits per heavy atom. The van der Waals surface area contributed by atoms with Gasteiger partial charge in [0.15, 0.2) is 0 Å². The summed E-state index contributed by atoms with van der Waals surface area (Å²) >= 11 is 0. The lowest BCUT2D eigenvalue weighted by molar-refractivity contribution is -0.128. The maximum absolute atomic E-state index is 12.7. The summed E-state index contributed by atoms with van der Waals surface area (Å²) in [6.45, 7) is 3.37. The van der Waals surface area contributed by atoms with Crippen LogP contribution in [0.3, 0.4) is 0 Å². The first kappa shape index (κ1) is 18.5. The fraction of sp³-hybridized carbons (Fsp3) is 0.524. The summed E-state index contributed by atoms with van der Waals surface area (Å²) in [6, 6.07) is 7.46. The van der Waals surface area contributed by atoms with Crippen LogP contribution in [-0.2, 0) is 9.59 Å². The lowest BCUT2D eigenvalue weighted by Gasteiger charge is -2.34. The normalized spacial score (nSPS) is 21.5. The van der Waals surface area contributed by atoms with Gasteiger partial charge in [-0.2, -0.15) is 0 Å². The Kier molecular flexibility index (Phi) is 5.95. The topological polar surface area (TPSA) is 61.4 Å². The van der Waals surface area contributed by atoms with Crippen LogP contribution in [0.4, 0.5) is 5.69 Å². The van der Waals surface area contributed by atoms with Crippen LogP contribution in [0.15, 0.2) is 24.3 Å². The minimum absolute atomic E-state index is 0.0403. The van der Waals surface area contributed by atoms with Gasteiger partial charge in [-0.3, -0.25) is 14.5 Å². The van der Waals surface area contributed by atoms with Gasteiger partial charge in [-0.05, 0) is 56.8 Å². The lowest BCUT2D eigenvalue weighted by Crippen LogP contribution is -2.49. The van der Waals surface area contributed by atoms with Crippen LogP contribution in [0, 0.1) is 18.3 Å². The molecule has 1 aliphatic carbocycles. The summed E-state index contributed by atoms with van der Waals surface area (Å²) in [5, 5.41) is 6.04. The number of amides is 2. The van der Waals surface area contributed by atoms with Crippen molar-refractivity contribution in [1.82, 2.24) is 10.2 Å². The molecule has 0 unspecified atom stereocenters. The van der Waals surface area contributed by atoms with Gasteiger partial charge in [-0.25, -0.2) is 0 Å². The van der Waals surface area contributed by atoms with Crippen molar-refractivity contribution in [1.29, 1.82) is 0 Å². The average molecular weight is 353 g/mol. The number of nitrogens with one attached hydrogen (secondary N) is 2. The molecule has 138 valence electrons. The summed E-state index contributed by atoms with van der Waals surface area (Å²) in [5.41, 5.74) is 1.82. The van der Waals surface area contributed by atoms with E-state index in [1.807, 2.05) is 31.2 Å². The second kappa shape index (κ2) is 8.37. The van der Waals surface area contributed by atoms with E-state index in [4.69, 9.17) is 6.42 Å². The number of hydrogen-bond acceptors (Lipinski definition) is 3. The summed E-state index contributed by atoms with van der Waals surface area (Å²) in [7, 11) is 0. The van der Waals surface area contributed by atoms with E-state index in [1.165, 1.54) is 0 Å². The zero-order valence-corrected chi connectivity index (χ0v) is 15.3. The lowest BCUT2D eigenvalue weighted by atomic mass is 10.0. The number of nitrogens with zero attached hydrogens (tertiary/aromatic N) is 1. The molecule has 2 N–H and O–H groups in total. The molecular formula is C21H27N3O2. The maximum atomic E-state index is 12.7. The molecule has 1 heterocycles. The summed E-state index contributed by atoms with van der Waals surface area (Å²) in [5.74, 6) is 2.98. The second-order valence-electron chi connectivity index (χ2n) is 7.30. The maximum Gasteiger partial charge on any atom is 0.237 e. The van der Waals surface area contributed by atoms with Crippen molar-refractivity contribution in [3.05, 3.63) is 29.8 Å². The van der Waals surface area contributed by atoms with E-state index in [0.29, 0.717) is 6.54 Å². The number of terminal acetylenes is 1. The fourth-order valence-corrected chi connectivity index (χ4v) is 3.43. The number of carbonyl (C=O) groups is 2. The molecule has 0 bridgehead atoms. The molecule has 26 heavy (non-hydrogen) atoms. The van der Waals surface area contributed by atoms with Gasteiger partial charge in [0.05, 0.1) is 18.6 Å². The first-order valence-corrected chi connectivity index (χ1v) is 9.47. The Morgan fingerprint density at radius 3 is 2.58 bits per heavy atom. The van der Waals surface area contributed by atoms with Crippen LogP contribution < -0.4 is 10.6 Å². The first-order valence-electron chi connectivity index (χ1n) is 9.47. The molecule has 5 heteroatoms. The number of carbonyl (C=O) groups excluding carboxylic acids is 2. The van der Waals surface area contributed by atoms with Crippen molar-refractivity contribution in [2.45, 2.75) is 51.1 Å². The zero-order valence-electron chi connectivity index (χ0n) is 15.3. The van der Waals surface area contributed by atoms with E-state index in [0.717, 1.165) is 49.9 Å². The van der Waals surface area contributed by atoms with Crippen LogP contribution in [0.2, 0.25) is 0 Å². The number of rotatable bonds is 6. The molecule has 0 spiro atoms. The van der Waals surface area contributed by atoms with Crippen molar-refractivity contribution in [2.24, 2.45) is 5.92 Å². The smallest absolute Gasteiger partial charge is 0.237 e. The summed E-state index contributed by atoms with van der Waals surface area (Å²) in [6.07, 6.45) is 10.4. The minimum Gasteiger partial charge on any atom is -0.348 e. The highest BCUT2D eigenvalue weighted by molar-refractivity contribution is 5.94. The number of hydrogen-bond donors (Lipinski definition) is 2. The van der Waals surface area contributed by atoms with Gasteiger partial charge < -0.3 is 10.6 Å². The summed E-state index contributed by atoms with van der Waals surface area (Å²) < 4.78 is 0. The Labute approximate surface area is 155 Å². The Bertz CT molecular complexity index is 688. The molecule has 1 aromatic carbocycles. The number of benzene rings is 1. The molecule has 2 amide bonds. The third kappa shape index (κ3) is 4.64. The van der Waals surface area contributed by atoms with Gasteiger partial charge >= 0.3 is 0 Å². The van der Waals surface area contributed by atoms with Crippen LogP contribution in [0.1, 0.15) is 50.6 Å². The second-order valence-corrected chi connectivity index (χ2v) is 7.30. The predicted molar refractivity (Wildman–Crippen MR) is 102 cm³/mol. The Balaban J connectivity index is 1.56. The number of likely N-dealkylation sites (tertiary alicyclic amines) is 1. The van der Waals surface area contributed by atoms with E-state index >= 15 is 0 Å². The van der Waals surface area contributed by atoms with Crippen molar-refractivity contribution in [2.75, 3.05) is 18.4 Å². The molecule has 5 nitrogen and oxygen atoms in total. The van der Waals surface area contributed by atoms with Crippen LogP contribution in [0.5, 0.6) is 0 Å². The average Bonchev–Trinajstić information content (AvgIpc) is 3.48. The van der Waals surface area contributed by atoms with Crippen LogP contribution >= 0.6 is 0 Å². The molecular weight excluding hydrogens is 326 g/mol. The SMILES string of the molecule is C#CCN1CCCC[C@H]1C(=O)N[C@@H](C)c1ccc(NC(=O)C2CC2)cc1. The summed E-state index contributed by atoms with van der Waals surface area (Å²) in [4.78, 5) is 26.6. The van der Waals surface area contributed by atoms with Gasteiger partial charge in [0.1, 0.15) is 0 Å². The molecule has 0 aromatic heterocycles.